The lowest BCUT2D eigenvalue weighted by Gasteiger charge is -2.26. The van der Waals surface area contributed by atoms with Crippen LogP contribution in [-0.2, 0) is 16.1 Å². The zero-order chi connectivity index (χ0) is 22.0. The van der Waals surface area contributed by atoms with Crippen molar-refractivity contribution in [2.75, 3.05) is 13.2 Å². The van der Waals surface area contributed by atoms with E-state index in [1.165, 1.54) is 6.07 Å². The molecule has 1 fully saturated rings. The van der Waals surface area contributed by atoms with Crippen molar-refractivity contribution >= 4 is 0 Å². The smallest absolute Gasteiger partial charge is 0.148 e. The molecule has 162 valence electrons. The largest absolute Gasteiger partial charge is 0.510 e. The van der Waals surface area contributed by atoms with E-state index in [2.05, 4.69) is 11.7 Å². The van der Waals surface area contributed by atoms with Crippen molar-refractivity contribution in [2.45, 2.75) is 32.2 Å². The van der Waals surface area contributed by atoms with Gasteiger partial charge in [0.1, 0.15) is 34.7 Å². The van der Waals surface area contributed by atoms with Gasteiger partial charge in [-0.2, -0.15) is 5.10 Å². The third-order valence-electron chi connectivity index (χ3n) is 5.16. The number of halogens is 1. The van der Waals surface area contributed by atoms with Crippen molar-refractivity contribution in [3.05, 3.63) is 78.4 Å². The summed E-state index contributed by atoms with van der Waals surface area (Å²) in [4.78, 5) is 0. The highest BCUT2D eigenvalue weighted by Crippen LogP contribution is 2.30. The molecule has 0 saturated carbocycles. The van der Waals surface area contributed by atoms with Gasteiger partial charge < -0.3 is 19.3 Å². The summed E-state index contributed by atoms with van der Waals surface area (Å²) in [6, 6.07) is 15.9. The predicted octanol–water partition coefficient (Wildman–Crippen LogP) is 4.82. The van der Waals surface area contributed by atoms with Gasteiger partial charge in [-0.15, -0.1) is 0 Å². The Balaban J connectivity index is 1.70. The van der Waals surface area contributed by atoms with Crippen molar-refractivity contribution < 1.29 is 23.7 Å². The molecule has 0 aliphatic carbocycles. The third kappa shape index (κ3) is 4.62. The Kier molecular flexibility index (Phi) is 5.80. The molecule has 0 amide bonds. The highest BCUT2D eigenvalue weighted by molar-refractivity contribution is 5.64. The van der Waals surface area contributed by atoms with Gasteiger partial charge >= 0.3 is 0 Å². The number of ether oxygens (including phenoxy) is 3. The summed E-state index contributed by atoms with van der Waals surface area (Å²) >= 11 is 0. The Labute approximate surface area is 180 Å². The Morgan fingerprint density at radius 3 is 2.68 bits per heavy atom. The van der Waals surface area contributed by atoms with Crippen LogP contribution in [0.3, 0.4) is 0 Å². The van der Waals surface area contributed by atoms with Crippen molar-refractivity contribution in [3.8, 4) is 22.7 Å². The maximum Gasteiger partial charge on any atom is 0.148 e. The van der Waals surface area contributed by atoms with Crippen LogP contribution in [0.25, 0.3) is 16.9 Å². The van der Waals surface area contributed by atoms with Gasteiger partial charge in [0.05, 0.1) is 31.2 Å². The molecule has 7 heteroatoms. The molecule has 3 aromatic rings. The third-order valence-corrected chi connectivity index (χ3v) is 5.16. The number of nitrogens with zero attached hydrogens (tertiary/aromatic N) is 2. The monoisotopic (exact) mass is 424 g/mol. The summed E-state index contributed by atoms with van der Waals surface area (Å²) in [5, 5.41) is 14.3. The molecular formula is C24H25FN2O4. The van der Waals surface area contributed by atoms with E-state index in [1.807, 2.05) is 30.3 Å². The molecule has 1 saturated heterocycles. The second-order valence-electron chi connectivity index (χ2n) is 7.93. The van der Waals surface area contributed by atoms with E-state index in [4.69, 9.17) is 14.2 Å². The predicted molar refractivity (Wildman–Crippen MR) is 115 cm³/mol. The van der Waals surface area contributed by atoms with Gasteiger partial charge in [0.15, 0.2) is 0 Å². The van der Waals surface area contributed by atoms with E-state index < -0.39 is 5.60 Å². The van der Waals surface area contributed by atoms with Crippen LogP contribution in [0, 0.1) is 5.82 Å². The fourth-order valence-electron chi connectivity index (χ4n) is 3.05. The Morgan fingerprint density at radius 2 is 2.00 bits per heavy atom. The summed E-state index contributed by atoms with van der Waals surface area (Å²) in [6.07, 6.45) is 0.0458. The summed E-state index contributed by atoms with van der Waals surface area (Å²) in [6.45, 7) is 8.25. The standard InChI is InChI=1S/C24H25FN2O4/c1-16(28)24(2,3)30-13-18-12-23(27(26-18)22-10-5-4-9-21(22)25)17-7-6-8-19(11-17)31-20-14-29-15-20/h4-12,20,28H,1,13-15H2,2-3H3. The summed E-state index contributed by atoms with van der Waals surface area (Å²) < 4.78 is 33.0. The Hall–Kier alpha value is -3.16. The second kappa shape index (κ2) is 8.53. The van der Waals surface area contributed by atoms with E-state index in [-0.39, 0.29) is 24.3 Å². The number of aliphatic hydroxyl groups excluding tert-OH is 1. The molecule has 1 N–H and O–H groups in total. The molecule has 0 unspecified atom stereocenters. The molecule has 0 spiro atoms. The van der Waals surface area contributed by atoms with Gasteiger partial charge in [-0.05, 0) is 44.2 Å². The minimum absolute atomic E-state index is 0.0458. The van der Waals surface area contributed by atoms with Crippen molar-refractivity contribution in [2.24, 2.45) is 0 Å². The molecule has 1 aliphatic rings. The lowest BCUT2D eigenvalue weighted by Crippen LogP contribution is -2.38. The lowest BCUT2D eigenvalue weighted by molar-refractivity contribution is -0.0796. The number of aromatic nitrogens is 2. The van der Waals surface area contributed by atoms with Crippen LogP contribution in [-0.4, -0.2) is 39.8 Å². The average Bonchev–Trinajstić information content (AvgIpc) is 3.14. The lowest BCUT2D eigenvalue weighted by atomic mass is 10.1. The quantitative estimate of drug-likeness (QED) is 0.525. The number of benzene rings is 2. The first-order valence-electron chi connectivity index (χ1n) is 10.0. The van der Waals surface area contributed by atoms with Crippen LogP contribution < -0.4 is 4.74 Å². The Morgan fingerprint density at radius 1 is 1.23 bits per heavy atom. The molecule has 6 nitrogen and oxygen atoms in total. The van der Waals surface area contributed by atoms with Crippen LogP contribution in [0.5, 0.6) is 5.75 Å². The van der Waals surface area contributed by atoms with Crippen molar-refractivity contribution in [3.63, 3.8) is 0 Å². The normalized spacial score (nSPS) is 14.3. The second-order valence-corrected chi connectivity index (χ2v) is 7.93. The molecule has 0 radical (unpaired) electrons. The first-order chi connectivity index (χ1) is 14.8. The molecule has 31 heavy (non-hydrogen) atoms. The Bertz CT molecular complexity index is 1090. The maximum atomic E-state index is 14.6. The average molecular weight is 424 g/mol. The van der Waals surface area contributed by atoms with E-state index in [0.29, 0.717) is 36.0 Å². The number of rotatable bonds is 8. The SMILES string of the molecule is C=C(O)C(C)(C)OCc1cc(-c2cccc(OC3COC3)c2)n(-c2ccccc2F)n1. The molecule has 0 atom stereocenters. The van der Waals surface area contributed by atoms with Crippen LogP contribution in [0.1, 0.15) is 19.5 Å². The van der Waals surface area contributed by atoms with E-state index in [0.717, 1.165) is 5.56 Å². The minimum atomic E-state index is -0.930. The minimum Gasteiger partial charge on any atom is -0.510 e. The van der Waals surface area contributed by atoms with Crippen LogP contribution in [0.2, 0.25) is 0 Å². The van der Waals surface area contributed by atoms with E-state index in [1.54, 1.807) is 36.7 Å². The molecule has 1 aliphatic heterocycles. The molecule has 1 aromatic heterocycles. The summed E-state index contributed by atoms with van der Waals surface area (Å²) in [5.41, 5.74) is 1.50. The van der Waals surface area contributed by atoms with Gasteiger partial charge in [-0.3, -0.25) is 0 Å². The van der Waals surface area contributed by atoms with E-state index in [9.17, 15) is 9.50 Å². The van der Waals surface area contributed by atoms with Gasteiger partial charge in [0, 0.05) is 5.56 Å². The number of para-hydroxylation sites is 1. The topological polar surface area (TPSA) is 65.7 Å². The van der Waals surface area contributed by atoms with Gasteiger partial charge in [-0.25, -0.2) is 9.07 Å². The summed E-state index contributed by atoms with van der Waals surface area (Å²) in [7, 11) is 0. The highest BCUT2D eigenvalue weighted by atomic mass is 19.1. The number of hydrogen-bond acceptors (Lipinski definition) is 5. The first kappa shape index (κ1) is 21.1. The zero-order valence-corrected chi connectivity index (χ0v) is 17.5. The number of aliphatic hydroxyl groups is 1. The molecule has 4 rings (SSSR count). The zero-order valence-electron chi connectivity index (χ0n) is 17.5. The fourth-order valence-corrected chi connectivity index (χ4v) is 3.05. The molecule has 2 aromatic carbocycles. The van der Waals surface area contributed by atoms with Crippen LogP contribution >= 0.6 is 0 Å². The first-order valence-corrected chi connectivity index (χ1v) is 10.0. The molecular weight excluding hydrogens is 399 g/mol. The summed E-state index contributed by atoms with van der Waals surface area (Å²) in [5.74, 6) is 0.246. The fraction of sp³-hybridized carbons (Fsp3) is 0.292. The van der Waals surface area contributed by atoms with Crippen molar-refractivity contribution in [1.82, 2.24) is 9.78 Å². The number of hydrogen-bond donors (Lipinski definition) is 1. The van der Waals surface area contributed by atoms with Gasteiger partial charge in [0.25, 0.3) is 0 Å². The molecule has 2 heterocycles. The van der Waals surface area contributed by atoms with Crippen LogP contribution in [0.4, 0.5) is 4.39 Å². The van der Waals surface area contributed by atoms with E-state index >= 15 is 0 Å². The van der Waals surface area contributed by atoms with Crippen LogP contribution in [0.15, 0.2) is 66.9 Å². The maximum absolute atomic E-state index is 14.6. The van der Waals surface area contributed by atoms with Crippen molar-refractivity contribution in [1.29, 1.82) is 0 Å². The van der Waals surface area contributed by atoms with Gasteiger partial charge in [0.2, 0.25) is 0 Å². The molecule has 0 bridgehead atoms. The highest BCUT2D eigenvalue weighted by Gasteiger charge is 2.24. The van der Waals surface area contributed by atoms with Gasteiger partial charge in [-0.1, -0.05) is 30.8 Å².